The maximum absolute atomic E-state index is 13.4. The Kier molecular flexibility index (Phi) is 4.01. The third kappa shape index (κ3) is 3.15. The number of nitrogens with one attached hydrogen (secondary N) is 1. The molecule has 6 heteroatoms. The fraction of sp³-hybridized carbons (Fsp3) is 0.158. The zero-order valence-corrected chi connectivity index (χ0v) is 13.4. The van der Waals surface area contributed by atoms with Crippen LogP contribution in [0.5, 0.6) is 0 Å². The minimum Gasteiger partial charge on any atom is -0.326 e. The number of rotatable bonds is 3. The van der Waals surface area contributed by atoms with Gasteiger partial charge in [-0.25, -0.2) is 13.8 Å². The van der Waals surface area contributed by atoms with E-state index < -0.39 is 11.6 Å². The van der Waals surface area contributed by atoms with Crippen LogP contribution in [0.1, 0.15) is 12.0 Å². The van der Waals surface area contributed by atoms with Crippen molar-refractivity contribution in [3.8, 4) is 0 Å². The molecule has 1 N–H and O–H groups in total. The lowest BCUT2D eigenvalue weighted by Gasteiger charge is -2.30. The highest BCUT2D eigenvalue weighted by molar-refractivity contribution is 5.66. The van der Waals surface area contributed by atoms with Gasteiger partial charge < -0.3 is 10.2 Å². The number of aromatic nitrogens is 2. The molecule has 25 heavy (non-hydrogen) atoms. The SMILES string of the molecule is Fc1ccc(Nc2nccc(N3CCCc4ccccc43)n2)cc1F. The minimum atomic E-state index is -0.911. The molecular formula is C19H16F2N4. The van der Waals surface area contributed by atoms with Gasteiger partial charge in [0.05, 0.1) is 0 Å². The highest BCUT2D eigenvalue weighted by Gasteiger charge is 2.19. The van der Waals surface area contributed by atoms with Crippen molar-refractivity contribution < 1.29 is 8.78 Å². The van der Waals surface area contributed by atoms with Crippen molar-refractivity contribution in [2.45, 2.75) is 12.8 Å². The molecule has 0 atom stereocenters. The van der Waals surface area contributed by atoms with Gasteiger partial charge in [-0.3, -0.25) is 0 Å². The standard InChI is InChI=1S/C19H16F2N4/c20-15-8-7-14(12-16(15)21)23-19-22-10-9-18(24-19)25-11-3-5-13-4-1-2-6-17(13)25/h1-2,4,6-10,12H,3,5,11H2,(H,22,23,24). The molecule has 0 bridgehead atoms. The minimum absolute atomic E-state index is 0.339. The summed E-state index contributed by atoms with van der Waals surface area (Å²) in [5.41, 5.74) is 2.84. The molecule has 1 aliphatic rings. The van der Waals surface area contributed by atoms with Gasteiger partial charge in [0.25, 0.3) is 0 Å². The van der Waals surface area contributed by atoms with Crippen LogP contribution in [-0.4, -0.2) is 16.5 Å². The first-order chi connectivity index (χ1) is 12.2. The van der Waals surface area contributed by atoms with Crippen LogP contribution in [0.15, 0.2) is 54.7 Å². The number of para-hydroxylation sites is 1. The first-order valence-corrected chi connectivity index (χ1v) is 8.11. The zero-order valence-electron chi connectivity index (χ0n) is 13.4. The van der Waals surface area contributed by atoms with E-state index in [-0.39, 0.29) is 0 Å². The Hall–Kier alpha value is -3.02. The van der Waals surface area contributed by atoms with E-state index >= 15 is 0 Å². The molecule has 0 saturated heterocycles. The Morgan fingerprint density at radius 3 is 2.76 bits per heavy atom. The average Bonchev–Trinajstić information content (AvgIpc) is 2.64. The summed E-state index contributed by atoms with van der Waals surface area (Å²) in [5.74, 6) is -0.685. The number of hydrogen-bond donors (Lipinski definition) is 1. The third-order valence-corrected chi connectivity index (χ3v) is 4.20. The summed E-state index contributed by atoms with van der Waals surface area (Å²) in [6.45, 7) is 0.874. The second kappa shape index (κ2) is 6.47. The molecule has 2 aromatic carbocycles. The molecule has 0 radical (unpaired) electrons. The molecule has 0 saturated carbocycles. The predicted molar refractivity (Wildman–Crippen MR) is 93.4 cm³/mol. The van der Waals surface area contributed by atoms with Gasteiger partial charge in [-0.15, -0.1) is 0 Å². The zero-order chi connectivity index (χ0) is 17.2. The summed E-state index contributed by atoms with van der Waals surface area (Å²) in [5, 5.41) is 2.92. The smallest absolute Gasteiger partial charge is 0.229 e. The quantitative estimate of drug-likeness (QED) is 0.759. The van der Waals surface area contributed by atoms with Crippen LogP contribution in [0.3, 0.4) is 0 Å². The Bertz CT molecular complexity index is 913. The molecule has 0 fully saturated rings. The van der Waals surface area contributed by atoms with Crippen LogP contribution >= 0.6 is 0 Å². The van der Waals surface area contributed by atoms with Gasteiger partial charge in [-0.1, -0.05) is 18.2 Å². The topological polar surface area (TPSA) is 41.1 Å². The Morgan fingerprint density at radius 1 is 1.00 bits per heavy atom. The van der Waals surface area contributed by atoms with E-state index in [1.807, 2.05) is 18.2 Å². The number of fused-ring (bicyclic) bond motifs is 1. The van der Waals surface area contributed by atoms with Crippen molar-refractivity contribution in [2.24, 2.45) is 0 Å². The van der Waals surface area contributed by atoms with Gasteiger partial charge in [-0.2, -0.15) is 4.98 Å². The van der Waals surface area contributed by atoms with Crippen LogP contribution in [0.25, 0.3) is 0 Å². The van der Waals surface area contributed by atoms with Crippen molar-refractivity contribution in [3.63, 3.8) is 0 Å². The number of aryl methyl sites for hydroxylation is 1. The predicted octanol–water partition coefficient (Wildman–Crippen LogP) is 4.58. The van der Waals surface area contributed by atoms with E-state index in [0.717, 1.165) is 43.0 Å². The van der Waals surface area contributed by atoms with E-state index in [0.29, 0.717) is 11.6 Å². The Labute approximate surface area is 144 Å². The summed E-state index contributed by atoms with van der Waals surface area (Å²) >= 11 is 0. The van der Waals surface area contributed by atoms with Crippen molar-refractivity contribution in [3.05, 3.63) is 71.9 Å². The van der Waals surface area contributed by atoms with Crippen LogP contribution < -0.4 is 10.2 Å². The lowest BCUT2D eigenvalue weighted by molar-refractivity contribution is 0.509. The summed E-state index contributed by atoms with van der Waals surface area (Å²) < 4.78 is 26.4. The molecule has 4 nitrogen and oxygen atoms in total. The maximum atomic E-state index is 13.4. The fourth-order valence-corrected chi connectivity index (χ4v) is 3.03. The first-order valence-electron chi connectivity index (χ1n) is 8.11. The van der Waals surface area contributed by atoms with E-state index in [1.165, 1.54) is 11.6 Å². The summed E-state index contributed by atoms with van der Waals surface area (Å²) in [6, 6.07) is 13.7. The number of anilines is 4. The normalized spacial score (nSPS) is 13.4. The lowest BCUT2D eigenvalue weighted by atomic mass is 10.0. The highest BCUT2D eigenvalue weighted by Crippen LogP contribution is 2.32. The molecule has 0 unspecified atom stereocenters. The van der Waals surface area contributed by atoms with Gasteiger partial charge in [0.1, 0.15) is 5.82 Å². The second-order valence-electron chi connectivity index (χ2n) is 5.88. The second-order valence-corrected chi connectivity index (χ2v) is 5.88. The summed E-state index contributed by atoms with van der Waals surface area (Å²) in [7, 11) is 0. The van der Waals surface area contributed by atoms with Gasteiger partial charge >= 0.3 is 0 Å². The van der Waals surface area contributed by atoms with E-state index in [2.05, 4.69) is 32.3 Å². The largest absolute Gasteiger partial charge is 0.326 e. The Balaban J connectivity index is 1.63. The molecule has 1 aromatic heterocycles. The van der Waals surface area contributed by atoms with Crippen LogP contribution in [0.2, 0.25) is 0 Å². The molecular weight excluding hydrogens is 322 g/mol. The molecule has 2 heterocycles. The number of hydrogen-bond acceptors (Lipinski definition) is 4. The van der Waals surface area contributed by atoms with Crippen molar-refractivity contribution in [1.82, 2.24) is 9.97 Å². The lowest BCUT2D eigenvalue weighted by Crippen LogP contribution is -2.25. The van der Waals surface area contributed by atoms with Gasteiger partial charge in [0, 0.05) is 30.2 Å². The fourth-order valence-electron chi connectivity index (χ4n) is 3.03. The van der Waals surface area contributed by atoms with Gasteiger partial charge in [-0.05, 0) is 42.7 Å². The molecule has 1 aliphatic heterocycles. The average molecular weight is 338 g/mol. The molecule has 3 aromatic rings. The van der Waals surface area contributed by atoms with Gasteiger partial charge in [0.15, 0.2) is 11.6 Å². The molecule has 126 valence electrons. The third-order valence-electron chi connectivity index (χ3n) is 4.20. The molecule has 4 rings (SSSR count). The number of nitrogens with zero attached hydrogens (tertiary/aromatic N) is 3. The monoisotopic (exact) mass is 338 g/mol. The molecule has 0 spiro atoms. The molecule has 0 amide bonds. The van der Waals surface area contributed by atoms with Crippen molar-refractivity contribution in [2.75, 3.05) is 16.8 Å². The van der Waals surface area contributed by atoms with Crippen molar-refractivity contribution >= 4 is 23.1 Å². The van der Waals surface area contributed by atoms with E-state index in [4.69, 9.17) is 0 Å². The highest BCUT2D eigenvalue weighted by atomic mass is 19.2. The van der Waals surface area contributed by atoms with Gasteiger partial charge in [0.2, 0.25) is 5.95 Å². The van der Waals surface area contributed by atoms with Crippen molar-refractivity contribution in [1.29, 1.82) is 0 Å². The first kappa shape index (κ1) is 15.5. The van der Waals surface area contributed by atoms with E-state index in [1.54, 1.807) is 6.20 Å². The Morgan fingerprint density at radius 2 is 1.88 bits per heavy atom. The molecule has 0 aliphatic carbocycles. The number of halogens is 2. The summed E-state index contributed by atoms with van der Waals surface area (Å²) in [4.78, 5) is 10.9. The summed E-state index contributed by atoms with van der Waals surface area (Å²) in [6.07, 6.45) is 3.76. The number of benzene rings is 2. The van der Waals surface area contributed by atoms with Crippen LogP contribution in [-0.2, 0) is 6.42 Å². The van der Waals surface area contributed by atoms with Crippen LogP contribution in [0, 0.1) is 11.6 Å². The van der Waals surface area contributed by atoms with Crippen LogP contribution in [0.4, 0.5) is 31.9 Å². The van der Waals surface area contributed by atoms with E-state index in [9.17, 15) is 8.78 Å². The maximum Gasteiger partial charge on any atom is 0.229 e.